The molecule has 1 fully saturated rings. The van der Waals surface area contributed by atoms with Gasteiger partial charge in [0.1, 0.15) is 5.75 Å². The zero-order valence-electron chi connectivity index (χ0n) is 15.2. The minimum absolute atomic E-state index is 0.195. The predicted octanol–water partition coefficient (Wildman–Crippen LogP) is 4.51. The minimum atomic E-state index is -0.195. The van der Waals surface area contributed by atoms with Crippen LogP contribution in [0.1, 0.15) is 12.5 Å². The Hall–Kier alpha value is -2.51. The second kappa shape index (κ2) is 8.45. The molecule has 2 aromatic carbocycles. The summed E-state index contributed by atoms with van der Waals surface area (Å²) >= 11 is 6.70. The van der Waals surface area contributed by atoms with Gasteiger partial charge in [-0.3, -0.25) is 9.69 Å². The molecule has 2 aromatic rings. The van der Waals surface area contributed by atoms with Crippen LogP contribution in [-0.2, 0) is 4.79 Å². The number of hydrogen-bond donors (Lipinski definition) is 0. The summed E-state index contributed by atoms with van der Waals surface area (Å²) in [7, 11) is 3.15. The second-order valence-electron chi connectivity index (χ2n) is 5.50. The number of carbonyl (C=O) groups is 1. The van der Waals surface area contributed by atoms with Crippen LogP contribution < -0.4 is 19.1 Å². The van der Waals surface area contributed by atoms with Gasteiger partial charge in [-0.2, -0.15) is 0 Å². The molecule has 0 aliphatic carbocycles. The van der Waals surface area contributed by atoms with E-state index >= 15 is 0 Å². The van der Waals surface area contributed by atoms with E-state index in [1.54, 1.807) is 26.4 Å². The van der Waals surface area contributed by atoms with Crippen molar-refractivity contribution in [3.63, 3.8) is 0 Å². The second-order valence-corrected chi connectivity index (χ2v) is 7.18. The fraction of sp³-hybridized carbons (Fsp3) is 0.200. The van der Waals surface area contributed by atoms with E-state index in [1.165, 1.54) is 16.7 Å². The Balaban J connectivity index is 2.01. The normalized spacial score (nSPS) is 15.4. The number of thioether (sulfide) groups is 1. The van der Waals surface area contributed by atoms with Gasteiger partial charge in [-0.1, -0.05) is 48.2 Å². The number of hydrogen-bond acceptors (Lipinski definition) is 6. The number of anilines is 1. The van der Waals surface area contributed by atoms with Crippen molar-refractivity contribution in [2.45, 2.75) is 6.92 Å². The summed E-state index contributed by atoms with van der Waals surface area (Å²) in [6, 6.07) is 12.9. The van der Waals surface area contributed by atoms with Crippen molar-refractivity contribution in [1.82, 2.24) is 0 Å². The molecule has 1 saturated heterocycles. The molecule has 0 saturated carbocycles. The zero-order chi connectivity index (χ0) is 19.4. The van der Waals surface area contributed by atoms with E-state index in [0.29, 0.717) is 38.8 Å². The lowest BCUT2D eigenvalue weighted by molar-refractivity contribution is -0.113. The quantitative estimate of drug-likeness (QED) is 0.524. The van der Waals surface area contributed by atoms with Crippen molar-refractivity contribution in [2.24, 2.45) is 0 Å². The van der Waals surface area contributed by atoms with Crippen molar-refractivity contribution in [2.75, 3.05) is 25.7 Å². The SMILES string of the molecule is CCOc1c(/C=C2/SC(=S)N(c3ccccc3OC)C2=O)cccc1OC. The highest BCUT2D eigenvalue weighted by Gasteiger charge is 2.35. The maximum atomic E-state index is 13.0. The molecule has 0 bridgehead atoms. The van der Waals surface area contributed by atoms with Gasteiger partial charge in [-0.15, -0.1) is 0 Å². The molecule has 0 atom stereocenters. The van der Waals surface area contributed by atoms with Crippen molar-refractivity contribution in [1.29, 1.82) is 0 Å². The molecule has 3 rings (SSSR count). The fourth-order valence-electron chi connectivity index (χ4n) is 2.74. The molecular formula is C20H19NO4S2. The number of carbonyl (C=O) groups excluding carboxylic acids is 1. The average Bonchev–Trinajstić information content (AvgIpc) is 2.96. The lowest BCUT2D eigenvalue weighted by Crippen LogP contribution is -2.27. The van der Waals surface area contributed by atoms with Crippen molar-refractivity contribution in [3.8, 4) is 17.2 Å². The highest BCUT2D eigenvalue weighted by Crippen LogP contribution is 2.41. The molecule has 1 heterocycles. The molecule has 1 amide bonds. The number of rotatable bonds is 6. The van der Waals surface area contributed by atoms with Crippen LogP contribution in [-0.4, -0.2) is 31.1 Å². The monoisotopic (exact) mass is 401 g/mol. The van der Waals surface area contributed by atoms with Gasteiger partial charge >= 0.3 is 0 Å². The number of para-hydroxylation sites is 3. The molecule has 27 heavy (non-hydrogen) atoms. The number of methoxy groups -OCH3 is 2. The Morgan fingerprint density at radius 1 is 1.07 bits per heavy atom. The highest BCUT2D eigenvalue weighted by molar-refractivity contribution is 8.27. The van der Waals surface area contributed by atoms with Crippen molar-refractivity contribution < 1.29 is 19.0 Å². The van der Waals surface area contributed by atoms with E-state index in [9.17, 15) is 4.79 Å². The molecule has 0 aromatic heterocycles. The molecule has 7 heteroatoms. The number of amides is 1. The Kier molecular flexibility index (Phi) is 6.03. The summed E-state index contributed by atoms with van der Waals surface area (Å²) in [4.78, 5) is 15.0. The number of ether oxygens (including phenoxy) is 3. The summed E-state index contributed by atoms with van der Waals surface area (Å²) in [5.41, 5.74) is 1.39. The fourth-order valence-corrected chi connectivity index (χ4v) is 4.01. The predicted molar refractivity (Wildman–Crippen MR) is 113 cm³/mol. The number of thiocarbonyl (C=S) groups is 1. The van der Waals surface area contributed by atoms with Gasteiger partial charge in [-0.25, -0.2) is 0 Å². The van der Waals surface area contributed by atoms with Gasteiger partial charge in [0.2, 0.25) is 0 Å². The molecule has 1 aliphatic rings. The van der Waals surface area contributed by atoms with E-state index in [4.69, 9.17) is 26.4 Å². The van der Waals surface area contributed by atoms with E-state index < -0.39 is 0 Å². The first-order valence-electron chi connectivity index (χ1n) is 8.31. The van der Waals surface area contributed by atoms with E-state index in [2.05, 4.69) is 0 Å². The summed E-state index contributed by atoms with van der Waals surface area (Å²) in [5.74, 6) is 1.61. The summed E-state index contributed by atoms with van der Waals surface area (Å²) < 4.78 is 16.9. The summed E-state index contributed by atoms with van der Waals surface area (Å²) in [5, 5.41) is 0. The molecule has 140 valence electrons. The zero-order valence-corrected chi connectivity index (χ0v) is 16.9. The lowest BCUT2D eigenvalue weighted by atomic mass is 10.1. The van der Waals surface area contributed by atoms with E-state index in [1.807, 2.05) is 43.3 Å². The van der Waals surface area contributed by atoms with Crippen molar-refractivity contribution >= 4 is 46.0 Å². The minimum Gasteiger partial charge on any atom is -0.495 e. The topological polar surface area (TPSA) is 48.0 Å². The lowest BCUT2D eigenvalue weighted by Gasteiger charge is -2.17. The van der Waals surface area contributed by atoms with Gasteiger partial charge in [-0.05, 0) is 31.2 Å². The van der Waals surface area contributed by atoms with Gasteiger partial charge in [0.15, 0.2) is 15.8 Å². The molecule has 0 radical (unpaired) electrons. The third-order valence-corrected chi connectivity index (χ3v) is 5.23. The van der Waals surface area contributed by atoms with Crippen LogP contribution in [0.4, 0.5) is 5.69 Å². The first-order valence-corrected chi connectivity index (χ1v) is 9.54. The first-order chi connectivity index (χ1) is 13.1. The largest absolute Gasteiger partial charge is 0.495 e. The van der Waals surface area contributed by atoms with Gasteiger partial charge in [0, 0.05) is 5.56 Å². The Morgan fingerprint density at radius 2 is 1.78 bits per heavy atom. The Morgan fingerprint density at radius 3 is 2.48 bits per heavy atom. The van der Waals surface area contributed by atoms with Gasteiger partial charge in [0.05, 0.1) is 31.4 Å². The third kappa shape index (κ3) is 3.79. The summed E-state index contributed by atoms with van der Waals surface area (Å²) in [6.07, 6.45) is 1.78. The smallest absolute Gasteiger partial charge is 0.270 e. The van der Waals surface area contributed by atoms with E-state index in [0.717, 1.165) is 5.56 Å². The molecule has 0 spiro atoms. The number of benzene rings is 2. The Labute approximate surface area is 167 Å². The molecule has 1 aliphatic heterocycles. The van der Waals surface area contributed by atoms with Crippen LogP contribution in [0.3, 0.4) is 0 Å². The molecule has 5 nitrogen and oxygen atoms in total. The maximum absolute atomic E-state index is 13.0. The van der Waals surface area contributed by atoms with Crippen LogP contribution in [0.2, 0.25) is 0 Å². The standard InChI is InChI=1S/C20H19NO4S2/c1-4-25-18-13(8-7-11-16(18)24-3)12-17-19(22)21(20(26)27-17)14-9-5-6-10-15(14)23-2/h5-12H,4H2,1-3H3/b17-12+. The summed E-state index contributed by atoms with van der Waals surface area (Å²) in [6.45, 7) is 2.39. The average molecular weight is 402 g/mol. The van der Waals surface area contributed by atoms with Gasteiger partial charge in [0.25, 0.3) is 5.91 Å². The molecular weight excluding hydrogens is 382 g/mol. The maximum Gasteiger partial charge on any atom is 0.270 e. The van der Waals surface area contributed by atoms with Crippen LogP contribution in [0, 0.1) is 0 Å². The highest BCUT2D eigenvalue weighted by atomic mass is 32.2. The van der Waals surface area contributed by atoms with Crippen LogP contribution in [0.15, 0.2) is 47.4 Å². The van der Waals surface area contributed by atoms with Crippen LogP contribution in [0.25, 0.3) is 6.08 Å². The number of nitrogens with zero attached hydrogens (tertiary/aromatic N) is 1. The van der Waals surface area contributed by atoms with Crippen molar-refractivity contribution in [3.05, 3.63) is 52.9 Å². The van der Waals surface area contributed by atoms with Crippen LogP contribution in [0.5, 0.6) is 17.2 Å². The first kappa shape index (κ1) is 19.3. The third-order valence-electron chi connectivity index (χ3n) is 3.92. The van der Waals surface area contributed by atoms with E-state index in [-0.39, 0.29) is 5.91 Å². The molecule has 0 N–H and O–H groups in total. The Bertz CT molecular complexity index is 911. The van der Waals surface area contributed by atoms with Crippen LogP contribution >= 0.6 is 24.0 Å². The van der Waals surface area contributed by atoms with Gasteiger partial charge < -0.3 is 14.2 Å². The molecule has 0 unspecified atom stereocenters.